The number of benzene rings is 1. The van der Waals surface area contributed by atoms with Gasteiger partial charge in [-0.05, 0) is 25.1 Å². The van der Waals surface area contributed by atoms with Crippen molar-refractivity contribution < 1.29 is 14.3 Å². The molecule has 1 aromatic carbocycles. The van der Waals surface area contributed by atoms with Gasteiger partial charge < -0.3 is 26.0 Å². The predicted octanol–water partition coefficient (Wildman–Crippen LogP) is 1.18. The number of carbonyl (C=O) groups excluding carboxylic acids is 2. The molecule has 3 amide bonds. The van der Waals surface area contributed by atoms with Crippen LogP contribution in [0.1, 0.15) is 6.92 Å². The number of carbonyl (C=O) groups is 2. The van der Waals surface area contributed by atoms with Gasteiger partial charge in [-0.25, -0.2) is 4.79 Å². The molecule has 7 nitrogen and oxygen atoms in total. The lowest BCUT2D eigenvalue weighted by Crippen LogP contribution is -2.48. The molecule has 2 rings (SSSR count). The lowest BCUT2D eigenvalue weighted by Gasteiger charge is -2.23. The lowest BCUT2D eigenvalue weighted by atomic mass is 10.2. The zero-order valence-electron chi connectivity index (χ0n) is 12.3. The summed E-state index contributed by atoms with van der Waals surface area (Å²) in [6.07, 6.45) is 0. The SMILES string of the molecule is CCNC(=O)Nc1cccc(NC(=O)C2COCCN2)c1.Cl. The Hall–Kier alpha value is -1.83. The first kappa shape index (κ1) is 18.2. The van der Waals surface area contributed by atoms with Crippen LogP contribution in [-0.4, -0.2) is 44.3 Å². The van der Waals surface area contributed by atoms with Gasteiger partial charge in [0, 0.05) is 24.5 Å². The summed E-state index contributed by atoms with van der Waals surface area (Å²) in [6, 6.07) is 6.37. The van der Waals surface area contributed by atoms with Crippen molar-refractivity contribution in [2.45, 2.75) is 13.0 Å². The molecule has 0 aromatic heterocycles. The highest BCUT2D eigenvalue weighted by Crippen LogP contribution is 2.15. The van der Waals surface area contributed by atoms with Crippen molar-refractivity contribution in [2.75, 3.05) is 36.9 Å². The van der Waals surface area contributed by atoms with Crippen LogP contribution in [0.3, 0.4) is 0 Å². The number of hydrogen-bond acceptors (Lipinski definition) is 4. The third kappa shape index (κ3) is 5.51. The summed E-state index contributed by atoms with van der Waals surface area (Å²) < 4.78 is 5.26. The third-order valence-corrected chi connectivity index (χ3v) is 2.96. The topological polar surface area (TPSA) is 91.5 Å². The molecule has 1 heterocycles. The largest absolute Gasteiger partial charge is 0.378 e. The molecule has 0 aliphatic carbocycles. The Morgan fingerprint density at radius 1 is 1.32 bits per heavy atom. The molecular formula is C14H21ClN4O3. The number of halogens is 1. The van der Waals surface area contributed by atoms with E-state index in [1.807, 2.05) is 6.92 Å². The molecular weight excluding hydrogens is 308 g/mol. The van der Waals surface area contributed by atoms with Crippen LogP contribution >= 0.6 is 12.4 Å². The molecule has 1 aromatic rings. The fraction of sp³-hybridized carbons (Fsp3) is 0.429. The number of urea groups is 1. The number of hydrogen-bond donors (Lipinski definition) is 4. The molecule has 1 aliphatic rings. The molecule has 122 valence electrons. The highest BCUT2D eigenvalue weighted by Gasteiger charge is 2.21. The second kappa shape index (κ2) is 9.24. The Morgan fingerprint density at radius 2 is 2.05 bits per heavy atom. The quantitative estimate of drug-likeness (QED) is 0.668. The normalized spacial score (nSPS) is 17.0. The van der Waals surface area contributed by atoms with Crippen LogP contribution in [0.15, 0.2) is 24.3 Å². The van der Waals surface area contributed by atoms with Crippen LogP contribution in [0.5, 0.6) is 0 Å². The van der Waals surface area contributed by atoms with Gasteiger partial charge in [-0.3, -0.25) is 4.79 Å². The third-order valence-electron chi connectivity index (χ3n) is 2.96. The van der Waals surface area contributed by atoms with Gasteiger partial charge >= 0.3 is 6.03 Å². The maximum Gasteiger partial charge on any atom is 0.319 e. The number of rotatable bonds is 4. The zero-order valence-corrected chi connectivity index (χ0v) is 13.2. The molecule has 1 unspecified atom stereocenters. The summed E-state index contributed by atoms with van der Waals surface area (Å²) in [5.41, 5.74) is 1.24. The van der Waals surface area contributed by atoms with Gasteiger partial charge in [0.2, 0.25) is 5.91 Å². The summed E-state index contributed by atoms with van der Waals surface area (Å²) in [4.78, 5) is 23.5. The van der Waals surface area contributed by atoms with Crippen molar-refractivity contribution in [2.24, 2.45) is 0 Å². The molecule has 1 fully saturated rings. The van der Waals surface area contributed by atoms with Gasteiger partial charge in [-0.2, -0.15) is 0 Å². The van der Waals surface area contributed by atoms with Crippen LogP contribution in [0.2, 0.25) is 0 Å². The standard InChI is InChI=1S/C14H20N4O3.ClH/c1-2-15-14(20)18-11-5-3-4-10(8-11)17-13(19)12-9-21-7-6-16-12;/h3-5,8,12,16H,2,6-7,9H2,1H3,(H,17,19)(H2,15,18,20);1H. The van der Waals surface area contributed by atoms with Gasteiger partial charge in [0.15, 0.2) is 0 Å². The summed E-state index contributed by atoms with van der Waals surface area (Å²) in [5, 5.41) is 11.2. The Bertz CT molecular complexity index is 507. The van der Waals surface area contributed by atoms with E-state index in [-0.39, 0.29) is 30.4 Å². The zero-order chi connectivity index (χ0) is 15.1. The van der Waals surface area contributed by atoms with E-state index in [1.165, 1.54) is 0 Å². The number of amides is 3. The van der Waals surface area contributed by atoms with Gasteiger partial charge in [-0.15, -0.1) is 12.4 Å². The van der Waals surface area contributed by atoms with Gasteiger partial charge in [0.25, 0.3) is 0 Å². The van der Waals surface area contributed by atoms with E-state index >= 15 is 0 Å². The minimum atomic E-state index is -0.348. The van der Waals surface area contributed by atoms with Crippen LogP contribution < -0.4 is 21.3 Å². The molecule has 8 heteroatoms. The van der Waals surface area contributed by atoms with Crippen LogP contribution in [0.4, 0.5) is 16.2 Å². The number of nitrogens with one attached hydrogen (secondary N) is 4. The van der Waals surface area contributed by atoms with E-state index in [0.717, 1.165) is 0 Å². The van der Waals surface area contributed by atoms with E-state index < -0.39 is 0 Å². The minimum absolute atomic E-state index is 0. The molecule has 1 atom stereocenters. The van der Waals surface area contributed by atoms with Crippen molar-refractivity contribution in [1.29, 1.82) is 0 Å². The molecule has 1 saturated heterocycles. The van der Waals surface area contributed by atoms with Gasteiger partial charge in [0.1, 0.15) is 6.04 Å². The first-order valence-electron chi connectivity index (χ1n) is 6.96. The van der Waals surface area contributed by atoms with Gasteiger partial charge in [-0.1, -0.05) is 6.07 Å². The van der Waals surface area contributed by atoms with E-state index in [0.29, 0.717) is 37.7 Å². The number of anilines is 2. The molecule has 0 spiro atoms. The second-order valence-electron chi connectivity index (χ2n) is 4.64. The Balaban J connectivity index is 0.00000242. The highest BCUT2D eigenvalue weighted by molar-refractivity contribution is 5.96. The minimum Gasteiger partial charge on any atom is -0.378 e. The molecule has 4 N–H and O–H groups in total. The fourth-order valence-corrected chi connectivity index (χ4v) is 1.97. The summed E-state index contributed by atoms with van der Waals surface area (Å²) in [7, 11) is 0. The molecule has 0 bridgehead atoms. The van der Waals surface area contributed by atoms with E-state index in [1.54, 1.807) is 24.3 Å². The van der Waals surface area contributed by atoms with E-state index in [9.17, 15) is 9.59 Å². The van der Waals surface area contributed by atoms with Crippen molar-refractivity contribution in [3.8, 4) is 0 Å². The summed E-state index contributed by atoms with van der Waals surface area (Å²) in [5.74, 6) is -0.148. The Kier molecular flexibility index (Phi) is 7.65. The van der Waals surface area contributed by atoms with Crippen molar-refractivity contribution in [3.05, 3.63) is 24.3 Å². The summed E-state index contributed by atoms with van der Waals surface area (Å²) >= 11 is 0. The predicted molar refractivity (Wildman–Crippen MR) is 87.6 cm³/mol. The first-order chi connectivity index (χ1) is 10.2. The Labute approximate surface area is 135 Å². The first-order valence-corrected chi connectivity index (χ1v) is 6.96. The fourth-order valence-electron chi connectivity index (χ4n) is 1.97. The summed E-state index contributed by atoms with van der Waals surface area (Å²) in [6.45, 7) is 4.04. The van der Waals surface area contributed by atoms with Crippen molar-refractivity contribution >= 4 is 35.7 Å². The van der Waals surface area contributed by atoms with Crippen molar-refractivity contribution in [3.63, 3.8) is 0 Å². The highest BCUT2D eigenvalue weighted by atomic mass is 35.5. The number of ether oxygens (including phenoxy) is 1. The van der Waals surface area contributed by atoms with Crippen LogP contribution in [0.25, 0.3) is 0 Å². The lowest BCUT2D eigenvalue weighted by molar-refractivity contribution is -0.120. The second-order valence-corrected chi connectivity index (χ2v) is 4.64. The Morgan fingerprint density at radius 3 is 2.68 bits per heavy atom. The maximum atomic E-state index is 12.1. The van der Waals surface area contributed by atoms with E-state index in [2.05, 4.69) is 21.3 Å². The monoisotopic (exact) mass is 328 g/mol. The smallest absolute Gasteiger partial charge is 0.319 e. The van der Waals surface area contributed by atoms with Crippen LogP contribution in [-0.2, 0) is 9.53 Å². The molecule has 22 heavy (non-hydrogen) atoms. The maximum absolute atomic E-state index is 12.1. The average molecular weight is 329 g/mol. The molecule has 0 radical (unpaired) electrons. The van der Waals surface area contributed by atoms with E-state index in [4.69, 9.17) is 4.74 Å². The van der Waals surface area contributed by atoms with Crippen LogP contribution in [0, 0.1) is 0 Å². The molecule has 0 saturated carbocycles. The van der Waals surface area contributed by atoms with Gasteiger partial charge in [0.05, 0.1) is 13.2 Å². The van der Waals surface area contributed by atoms with Crippen molar-refractivity contribution in [1.82, 2.24) is 10.6 Å². The average Bonchev–Trinajstić information content (AvgIpc) is 2.48. The molecule has 1 aliphatic heterocycles. The number of morpholine rings is 1.